The number of hydrogen-bond donors (Lipinski definition) is 0. The Morgan fingerprint density at radius 2 is 2.32 bits per heavy atom. The van der Waals surface area contributed by atoms with Crippen LogP contribution in [0.4, 0.5) is 0 Å². The van der Waals surface area contributed by atoms with E-state index in [0.29, 0.717) is 12.3 Å². The molecule has 1 aromatic rings. The highest BCUT2D eigenvalue weighted by Crippen LogP contribution is 2.25. The molecule has 2 heterocycles. The lowest BCUT2D eigenvalue weighted by Gasteiger charge is -2.21. The van der Waals surface area contributed by atoms with Gasteiger partial charge in [-0.2, -0.15) is 0 Å². The molecule has 1 fully saturated rings. The molecule has 0 aromatic carbocycles. The van der Waals surface area contributed by atoms with Gasteiger partial charge in [0, 0.05) is 30.6 Å². The maximum Gasteiger partial charge on any atom is 0.222 e. The quantitative estimate of drug-likeness (QED) is 0.847. The zero-order valence-corrected chi connectivity index (χ0v) is 12.8. The van der Waals surface area contributed by atoms with Crippen LogP contribution in [0.2, 0.25) is 0 Å². The smallest absolute Gasteiger partial charge is 0.222 e. The van der Waals surface area contributed by atoms with Gasteiger partial charge >= 0.3 is 0 Å². The summed E-state index contributed by atoms with van der Waals surface area (Å²) in [6.45, 7) is 6.49. The molecule has 1 aromatic heterocycles. The number of likely N-dealkylation sites (tertiary alicyclic amines) is 1. The second-order valence-corrected chi connectivity index (χ2v) is 6.75. The molecule has 1 atom stereocenters. The van der Waals surface area contributed by atoms with Gasteiger partial charge in [0.05, 0.1) is 5.51 Å². The first kappa shape index (κ1) is 14.5. The molecule has 1 saturated heterocycles. The fourth-order valence-electron chi connectivity index (χ4n) is 2.79. The number of aryl methyl sites for hydroxylation is 1. The summed E-state index contributed by atoms with van der Waals surface area (Å²) >= 11 is 1.64. The van der Waals surface area contributed by atoms with Gasteiger partial charge in [0.25, 0.3) is 0 Å². The molecule has 2 rings (SSSR count). The third-order valence-electron chi connectivity index (χ3n) is 4.14. The summed E-state index contributed by atoms with van der Waals surface area (Å²) in [7, 11) is 0. The minimum Gasteiger partial charge on any atom is -0.343 e. The lowest BCUT2D eigenvalue weighted by atomic mass is 9.89. The number of carbonyl (C=O) groups excluding carboxylic acids is 1. The van der Waals surface area contributed by atoms with Crippen LogP contribution in [0.1, 0.15) is 44.4 Å². The predicted molar refractivity (Wildman–Crippen MR) is 79.2 cm³/mol. The number of hydrogen-bond acceptors (Lipinski definition) is 3. The predicted octanol–water partition coefficient (Wildman–Crippen LogP) is 3.36. The van der Waals surface area contributed by atoms with Crippen LogP contribution in [0.25, 0.3) is 0 Å². The fraction of sp³-hybridized carbons (Fsp3) is 0.733. The second kappa shape index (κ2) is 7.04. The van der Waals surface area contributed by atoms with E-state index in [-0.39, 0.29) is 0 Å². The zero-order chi connectivity index (χ0) is 13.7. The van der Waals surface area contributed by atoms with E-state index in [1.54, 1.807) is 11.3 Å². The van der Waals surface area contributed by atoms with E-state index in [4.69, 9.17) is 0 Å². The first-order valence-electron chi connectivity index (χ1n) is 7.32. The minimum atomic E-state index is 0.317. The summed E-state index contributed by atoms with van der Waals surface area (Å²) in [5.74, 6) is 1.85. The molecule has 3 nitrogen and oxygen atoms in total. The molecule has 0 spiro atoms. The Morgan fingerprint density at radius 3 is 3.00 bits per heavy atom. The Hall–Kier alpha value is -0.900. The molecule has 1 amide bonds. The van der Waals surface area contributed by atoms with E-state index in [9.17, 15) is 4.79 Å². The van der Waals surface area contributed by atoms with Crippen molar-refractivity contribution in [1.82, 2.24) is 9.88 Å². The lowest BCUT2D eigenvalue weighted by molar-refractivity contribution is -0.131. The number of amides is 1. The fourth-order valence-corrected chi connectivity index (χ4v) is 3.39. The van der Waals surface area contributed by atoms with Gasteiger partial charge in [0.1, 0.15) is 0 Å². The molecule has 0 saturated carbocycles. The topological polar surface area (TPSA) is 33.2 Å². The van der Waals surface area contributed by atoms with Crippen LogP contribution in [0.5, 0.6) is 0 Å². The molecule has 0 N–H and O–H groups in total. The van der Waals surface area contributed by atoms with E-state index in [1.165, 1.54) is 17.7 Å². The normalized spacial score (nSPS) is 20.6. The highest BCUT2D eigenvalue weighted by molar-refractivity contribution is 7.09. The summed E-state index contributed by atoms with van der Waals surface area (Å²) in [4.78, 5) is 19.6. The largest absolute Gasteiger partial charge is 0.343 e. The summed E-state index contributed by atoms with van der Waals surface area (Å²) in [6.07, 6.45) is 6.95. The maximum atomic E-state index is 12.2. The van der Waals surface area contributed by atoms with Crippen molar-refractivity contribution in [2.45, 2.75) is 46.0 Å². The molecule has 106 valence electrons. The Morgan fingerprint density at radius 1 is 1.47 bits per heavy atom. The minimum absolute atomic E-state index is 0.317. The number of carbonyl (C=O) groups is 1. The average Bonchev–Trinajstić information content (AvgIpc) is 2.77. The van der Waals surface area contributed by atoms with Gasteiger partial charge in [-0.1, -0.05) is 13.8 Å². The lowest BCUT2D eigenvalue weighted by Crippen LogP contribution is -2.32. The second-order valence-electron chi connectivity index (χ2n) is 5.78. The van der Waals surface area contributed by atoms with Crippen molar-refractivity contribution in [3.05, 3.63) is 16.6 Å². The standard InChI is InChI=1S/C15H24N2OS/c1-12(2)13-4-3-8-17(9-7-13)15(18)6-5-14-10-16-11-19-14/h10-13H,3-9H2,1-2H3/t13-/m0/s1. The summed E-state index contributed by atoms with van der Waals surface area (Å²) in [5.41, 5.74) is 1.83. The van der Waals surface area contributed by atoms with Crippen molar-refractivity contribution in [1.29, 1.82) is 0 Å². The van der Waals surface area contributed by atoms with Gasteiger partial charge < -0.3 is 4.90 Å². The third-order valence-corrected chi connectivity index (χ3v) is 4.98. The molecule has 0 bridgehead atoms. The van der Waals surface area contributed by atoms with Crippen molar-refractivity contribution in [3.8, 4) is 0 Å². The first-order chi connectivity index (χ1) is 9.16. The molecule has 1 aliphatic heterocycles. The summed E-state index contributed by atoms with van der Waals surface area (Å²) in [6, 6.07) is 0. The molecule has 4 heteroatoms. The molecule has 1 aliphatic rings. The van der Waals surface area contributed by atoms with Crippen molar-refractivity contribution in [3.63, 3.8) is 0 Å². The highest BCUT2D eigenvalue weighted by Gasteiger charge is 2.22. The van der Waals surface area contributed by atoms with E-state index in [2.05, 4.69) is 23.7 Å². The summed E-state index contributed by atoms with van der Waals surface area (Å²) in [5, 5.41) is 0. The number of rotatable bonds is 4. The van der Waals surface area contributed by atoms with Crippen LogP contribution in [0.3, 0.4) is 0 Å². The van der Waals surface area contributed by atoms with E-state index in [0.717, 1.165) is 37.8 Å². The van der Waals surface area contributed by atoms with Crippen molar-refractivity contribution in [2.75, 3.05) is 13.1 Å². The average molecular weight is 280 g/mol. The van der Waals surface area contributed by atoms with Crippen LogP contribution >= 0.6 is 11.3 Å². The van der Waals surface area contributed by atoms with E-state index < -0.39 is 0 Å². The van der Waals surface area contributed by atoms with Crippen molar-refractivity contribution < 1.29 is 4.79 Å². The van der Waals surface area contributed by atoms with Crippen LogP contribution in [0, 0.1) is 11.8 Å². The summed E-state index contributed by atoms with van der Waals surface area (Å²) < 4.78 is 0. The number of thiazole rings is 1. The molecule has 0 unspecified atom stereocenters. The van der Waals surface area contributed by atoms with Gasteiger partial charge in [-0.25, -0.2) is 0 Å². The van der Waals surface area contributed by atoms with Gasteiger partial charge in [-0.15, -0.1) is 11.3 Å². The monoisotopic (exact) mass is 280 g/mol. The van der Waals surface area contributed by atoms with Crippen LogP contribution in [-0.4, -0.2) is 28.9 Å². The Kier molecular flexibility index (Phi) is 5.37. The molecule has 0 radical (unpaired) electrons. The van der Waals surface area contributed by atoms with Gasteiger partial charge in [-0.3, -0.25) is 9.78 Å². The Labute approximate surface area is 120 Å². The molecular weight excluding hydrogens is 256 g/mol. The number of aromatic nitrogens is 1. The zero-order valence-electron chi connectivity index (χ0n) is 12.0. The highest BCUT2D eigenvalue weighted by atomic mass is 32.1. The van der Waals surface area contributed by atoms with Crippen molar-refractivity contribution >= 4 is 17.2 Å². The van der Waals surface area contributed by atoms with E-state index in [1.807, 2.05) is 11.7 Å². The molecular formula is C15H24N2OS. The van der Waals surface area contributed by atoms with Crippen LogP contribution < -0.4 is 0 Å². The maximum absolute atomic E-state index is 12.2. The first-order valence-corrected chi connectivity index (χ1v) is 8.20. The van der Waals surface area contributed by atoms with Crippen LogP contribution in [-0.2, 0) is 11.2 Å². The van der Waals surface area contributed by atoms with Gasteiger partial charge in [0.2, 0.25) is 5.91 Å². The Balaban J connectivity index is 1.79. The van der Waals surface area contributed by atoms with Gasteiger partial charge in [0.15, 0.2) is 0 Å². The van der Waals surface area contributed by atoms with Crippen molar-refractivity contribution in [2.24, 2.45) is 11.8 Å². The SMILES string of the molecule is CC(C)[C@H]1CCCN(C(=O)CCc2cncs2)CC1. The van der Waals surface area contributed by atoms with E-state index >= 15 is 0 Å². The Bertz CT molecular complexity index is 389. The number of nitrogens with zero attached hydrogens (tertiary/aromatic N) is 2. The molecule has 0 aliphatic carbocycles. The van der Waals surface area contributed by atoms with Gasteiger partial charge in [-0.05, 0) is 37.5 Å². The molecule has 19 heavy (non-hydrogen) atoms. The third kappa shape index (κ3) is 4.30. The van der Waals surface area contributed by atoms with Crippen LogP contribution in [0.15, 0.2) is 11.7 Å².